The zero-order valence-electron chi connectivity index (χ0n) is 17.1. The number of hydrogen-bond acceptors (Lipinski definition) is 6. The highest BCUT2D eigenvalue weighted by molar-refractivity contribution is 6.05. The smallest absolute Gasteiger partial charge is 0.287 e. The molecule has 0 saturated carbocycles. The summed E-state index contributed by atoms with van der Waals surface area (Å²) in [5.41, 5.74) is 1.56. The molecule has 0 saturated heterocycles. The number of fused-ring (bicyclic) bond motifs is 1. The van der Waals surface area contributed by atoms with Crippen molar-refractivity contribution >= 4 is 17.2 Å². The van der Waals surface area contributed by atoms with E-state index in [-0.39, 0.29) is 18.1 Å². The topological polar surface area (TPSA) is 95.1 Å². The number of hydrogen-bond donors (Lipinski definition) is 1. The Bertz CT molecular complexity index is 1270. The largest absolute Gasteiger partial charge is 0.494 e. The highest BCUT2D eigenvalue weighted by atomic mass is 16.5. The molecule has 2 heterocycles. The fraction of sp³-hybridized carbons (Fsp3) is 0.174. The number of aromatic nitrogens is 2. The summed E-state index contributed by atoms with van der Waals surface area (Å²) in [5.74, 6) is 1.49. The Hall–Kier alpha value is -4.07. The van der Waals surface area contributed by atoms with Gasteiger partial charge in [-0.3, -0.25) is 9.59 Å². The van der Waals surface area contributed by atoms with Gasteiger partial charge in [0.2, 0.25) is 0 Å². The molecule has 4 rings (SSSR count). The Kier molecular flexibility index (Phi) is 5.70. The monoisotopic (exact) mass is 419 g/mol. The molecule has 1 N–H and O–H groups in total. The summed E-state index contributed by atoms with van der Waals surface area (Å²) in [6.07, 6.45) is 0. The van der Waals surface area contributed by atoms with Gasteiger partial charge in [-0.25, -0.2) is 4.98 Å². The first-order valence-electron chi connectivity index (χ1n) is 9.79. The molecule has 0 aliphatic rings. The van der Waals surface area contributed by atoms with Crippen LogP contribution in [0, 0.1) is 6.92 Å². The molecule has 158 valence electrons. The summed E-state index contributed by atoms with van der Waals surface area (Å²) in [7, 11) is 0. The van der Waals surface area contributed by atoms with E-state index in [9.17, 15) is 9.59 Å². The van der Waals surface area contributed by atoms with E-state index < -0.39 is 0 Å². The molecule has 0 atom stereocenters. The molecule has 31 heavy (non-hydrogen) atoms. The number of carbonyl (C=O) groups is 1. The first-order chi connectivity index (χ1) is 15.0. The number of rotatable bonds is 7. The Morgan fingerprint density at radius 1 is 1.10 bits per heavy atom. The Morgan fingerprint density at radius 2 is 1.87 bits per heavy atom. The van der Waals surface area contributed by atoms with E-state index >= 15 is 0 Å². The van der Waals surface area contributed by atoms with Gasteiger partial charge >= 0.3 is 0 Å². The maximum atomic E-state index is 12.6. The average molecular weight is 419 g/mol. The average Bonchev–Trinajstić information content (AvgIpc) is 3.15. The number of nitrogens with zero attached hydrogens (tertiary/aromatic N) is 2. The highest BCUT2D eigenvalue weighted by Gasteiger charge is 2.12. The summed E-state index contributed by atoms with van der Waals surface area (Å²) < 4.78 is 17.7. The van der Waals surface area contributed by atoms with Crippen LogP contribution in [0.1, 0.15) is 28.7 Å². The van der Waals surface area contributed by atoms with Gasteiger partial charge in [-0.2, -0.15) is 0 Å². The van der Waals surface area contributed by atoms with Crippen molar-refractivity contribution in [3.8, 4) is 11.5 Å². The van der Waals surface area contributed by atoms with E-state index in [4.69, 9.17) is 14.0 Å². The second-order valence-corrected chi connectivity index (χ2v) is 6.78. The Labute approximate surface area is 178 Å². The van der Waals surface area contributed by atoms with Crippen LogP contribution in [0.15, 0.2) is 70.0 Å². The number of amides is 1. The van der Waals surface area contributed by atoms with Crippen LogP contribution in [0.4, 0.5) is 5.69 Å². The summed E-state index contributed by atoms with van der Waals surface area (Å²) in [6.45, 7) is 4.27. The van der Waals surface area contributed by atoms with Crippen LogP contribution >= 0.6 is 0 Å². The quantitative estimate of drug-likeness (QED) is 0.489. The van der Waals surface area contributed by atoms with Gasteiger partial charge in [0.15, 0.2) is 5.65 Å². The molecule has 0 bridgehead atoms. The minimum Gasteiger partial charge on any atom is -0.494 e. The lowest BCUT2D eigenvalue weighted by atomic mass is 10.2. The standard InChI is InChI=1S/C23H21N3O5/c1-3-29-18-10-8-16(9-11-18)23(28)25-19-6-4-5-7-20(19)30-14-17-13-22(27)26-21(24-17)12-15(2)31-26/h4-13H,3,14H2,1-2H3,(H,25,28). The summed E-state index contributed by atoms with van der Waals surface area (Å²) in [4.78, 5) is 29.2. The highest BCUT2D eigenvalue weighted by Crippen LogP contribution is 2.25. The zero-order valence-corrected chi connectivity index (χ0v) is 17.1. The van der Waals surface area contributed by atoms with Crippen molar-refractivity contribution in [2.45, 2.75) is 20.5 Å². The number of nitrogens with one attached hydrogen (secondary N) is 1. The van der Waals surface area contributed by atoms with Gasteiger partial charge in [0.25, 0.3) is 11.5 Å². The second-order valence-electron chi connectivity index (χ2n) is 6.78. The second kappa shape index (κ2) is 8.74. The summed E-state index contributed by atoms with van der Waals surface area (Å²) in [5, 5.41) is 2.85. The minimum absolute atomic E-state index is 0.0614. The molecule has 0 unspecified atom stereocenters. The van der Waals surface area contributed by atoms with E-state index in [0.29, 0.717) is 46.5 Å². The van der Waals surface area contributed by atoms with Crippen LogP contribution in [0.25, 0.3) is 5.65 Å². The lowest BCUT2D eigenvalue weighted by Crippen LogP contribution is -2.15. The van der Waals surface area contributed by atoms with Gasteiger partial charge in [0, 0.05) is 17.7 Å². The molecular weight excluding hydrogens is 398 g/mol. The van der Waals surface area contributed by atoms with Gasteiger partial charge < -0.3 is 19.3 Å². The molecule has 0 aliphatic carbocycles. The molecular formula is C23H21N3O5. The first kappa shape index (κ1) is 20.2. The van der Waals surface area contributed by atoms with Gasteiger partial charge in [0.05, 0.1) is 18.0 Å². The van der Waals surface area contributed by atoms with Crippen LogP contribution < -0.4 is 20.3 Å². The molecule has 4 aromatic rings. The maximum Gasteiger partial charge on any atom is 0.287 e. The lowest BCUT2D eigenvalue weighted by Gasteiger charge is -2.12. The molecule has 8 nitrogen and oxygen atoms in total. The number of ether oxygens (including phenoxy) is 2. The third kappa shape index (κ3) is 4.58. The van der Waals surface area contributed by atoms with Gasteiger partial charge in [0.1, 0.15) is 23.9 Å². The fourth-order valence-electron chi connectivity index (χ4n) is 3.06. The third-order valence-corrected chi connectivity index (χ3v) is 4.46. The molecule has 0 radical (unpaired) electrons. The molecule has 0 spiro atoms. The van der Waals surface area contributed by atoms with Crippen molar-refractivity contribution in [1.29, 1.82) is 0 Å². The van der Waals surface area contributed by atoms with Crippen LogP contribution in [0.3, 0.4) is 0 Å². The minimum atomic E-state index is -0.325. The van der Waals surface area contributed by atoms with E-state index in [1.165, 1.54) is 6.07 Å². The number of para-hydroxylation sites is 2. The van der Waals surface area contributed by atoms with E-state index in [0.717, 1.165) is 4.57 Å². The predicted octanol–water partition coefficient (Wildman–Crippen LogP) is 3.83. The van der Waals surface area contributed by atoms with Crippen LogP contribution in [0.2, 0.25) is 0 Å². The Morgan fingerprint density at radius 3 is 2.65 bits per heavy atom. The molecule has 8 heteroatoms. The molecule has 0 aliphatic heterocycles. The molecule has 2 aromatic heterocycles. The van der Waals surface area contributed by atoms with Crippen molar-refractivity contribution in [2.24, 2.45) is 0 Å². The normalized spacial score (nSPS) is 10.8. The summed E-state index contributed by atoms with van der Waals surface area (Å²) >= 11 is 0. The number of anilines is 1. The predicted molar refractivity (Wildman–Crippen MR) is 115 cm³/mol. The molecule has 0 fully saturated rings. The van der Waals surface area contributed by atoms with E-state index in [2.05, 4.69) is 10.3 Å². The van der Waals surface area contributed by atoms with Crippen LogP contribution in [-0.2, 0) is 6.61 Å². The number of benzene rings is 2. The van der Waals surface area contributed by atoms with Crippen LogP contribution in [0.5, 0.6) is 11.5 Å². The zero-order chi connectivity index (χ0) is 21.8. The lowest BCUT2D eigenvalue weighted by molar-refractivity contribution is 0.102. The van der Waals surface area contributed by atoms with Gasteiger partial charge in [-0.1, -0.05) is 12.1 Å². The maximum absolute atomic E-state index is 12.6. The first-order valence-corrected chi connectivity index (χ1v) is 9.79. The fourth-order valence-corrected chi connectivity index (χ4v) is 3.06. The number of aryl methyl sites for hydroxylation is 1. The van der Waals surface area contributed by atoms with E-state index in [1.807, 2.05) is 6.92 Å². The van der Waals surface area contributed by atoms with Crippen molar-refractivity contribution in [2.75, 3.05) is 11.9 Å². The van der Waals surface area contributed by atoms with Crippen molar-refractivity contribution in [1.82, 2.24) is 9.56 Å². The van der Waals surface area contributed by atoms with Gasteiger partial charge in [-0.05, 0) is 50.2 Å². The Balaban J connectivity index is 1.48. The third-order valence-electron chi connectivity index (χ3n) is 4.46. The van der Waals surface area contributed by atoms with Crippen molar-refractivity contribution in [3.05, 3.63) is 88.0 Å². The van der Waals surface area contributed by atoms with E-state index in [1.54, 1.807) is 61.5 Å². The molecule has 2 aromatic carbocycles. The SMILES string of the molecule is CCOc1ccc(C(=O)Nc2ccccc2OCc2cc(=O)n3oc(C)cc3n2)cc1. The van der Waals surface area contributed by atoms with Gasteiger partial charge in [-0.15, -0.1) is 4.57 Å². The number of carbonyl (C=O) groups excluding carboxylic acids is 1. The summed E-state index contributed by atoms with van der Waals surface area (Å²) in [6, 6.07) is 17.0. The van der Waals surface area contributed by atoms with Crippen molar-refractivity contribution < 1.29 is 18.8 Å². The molecule has 1 amide bonds. The van der Waals surface area contributed by atoms with Crippen molar-refractivity contribution in [3.63, 3.8) is 0 Å². The van der Waals surface area contributed by atoms with Crippen LogP contribution in [-0.4, -0.2) is 22.1 Å².